The molecule has 0 radical (unpaired) electrons. The molecule has 0 spiro atoms. The van der Waals surface area contributed by atoms with E-state index < -0.39 is 0 Å². The zero-order chi connectivity index (χ0) is 18.3. The molecule has 136 valence electrons. The number of rotatable bonds is 9. The van der Waals surface area contributed by atoms with Crippen LogP contribution in [0.4, 0.5) is 0 Å². The van der Waals surface area contributed by atoms with E-state index >= 15 is 0 Å². The minimum Gasteiger partial charge on any atom is -0.465 e. The lowest BCUT2D eigenvalue weighted by molar-refractivity contribution is -0.142. The van der Waals surface area contributed by atoms with E-state index in [9.17, 15) is 4.79 Å². The number of benzene rings is 1. The molecule has 5 nitrogen and oxygen atoms in total. The summed E-state index contributed by atoms with van der Waals surface area (Å²) < 4.78 is 7.22. The largest absolute Gasteiger partial charge is 0.465 e. The molecule has 1 aromatic heterocycles. The van der Waals surface area contributed by atoms with Crippen LogP contribution in [0.5, 0.6) is 0 Å². The number of hydrogen-bond acceptors (Lipinski definition) is 4. The first-order valence-electron chi connectivity index (χ1n) is 8.96. The SMILES string of the molecule is CCCOC(=O)Cc1ccc(C(C)(C)NC(CC)n2ccnc2)cc1. The van der Waals surface area contributed by atoms with Crippen LogP contribution in [-0.2, 0) is 21.5 Å². The van der Waals surface area contributed by atoms with E-state index in [1.54, 1.807) is 6.20 Å². The molecule has 0 saturated carbocycles. The van der Waals surface area contributed by atoms with Crippen molar-refractivity contribution in [3.05, 3.63) is 54.1 Å². The highest BCUT2D eigenvalue weighted by atomic mass is 16.5. The summed E-state index contributed by atoms with van der Waals surface area (Å²) in [5, 5.41) is 3.68. The van der Waals surface area contributed by atoms with Crippen molar-refractivity contribution in [1.82, 2.24) is 14.9 Å². The van der Waals surface area contributed by atoms with E-state index in [1.165, 1.54) is 5.56 Å². The van der Waals surface area contributed by atoms with Gasteiger partial charge in [0.15, 0.2) is 0 Å². The van der Waals surface area contributed by atoms with Gasteiger partial charge >= 0.3 is 5.97 Å². The quantitative estimate of drug-likeness (QED) is 0.703. The van der Waals surface area contributed by atoms with Crippen molar-refractivity contribution < 1.29 is 9.53 Å². The van der Waals surface area contributed by atoms with Gasteiger partial charge in [-0.1, -0.05) is 38.1 Å². The Morgan fingerprint density at radius 1 is 1.28 bits per heavy atom. The van der Waals surface area contributed by atoms with Gasteiger partial charge in [0, 0.05) is 17.9 Å². The predicted octanol–water partition coefficient (Wildman–Crippen LogP) is 3.81. The van der Waals surface area contributed by atoms with E-state index in [4.69, 9.17) is 4.74 Å². The van der Waals surface area contributed by atoms with Gasteiger partial charge in [-0.3, -0.25) is 10.1 Å². The fourth-order valence-electron chi connectivity index (χ4n) is 2.81. The normalized spacial score (nSPS) is 12.8. The van der Waals surface area contributed by atoms with E-state index in [0.717, 1.165) is 18.4 Å². The van der Waals surface area contributed by atoms with E-state index in [-0.39, 0.29) is 17.7 Å². The van der Waals surface area contributed by atoms with Crippen LogP contribution in [-0.4, -0.2) is 22.1 Å². The van der Waals surface area contributed by atoms with Gasteiger partial charge in [0.25, 0.3) is 0 Å². The summed E-state index contributed by atoms with van der Waals surface area (Å²) in [6, 6.07) is 8.17. The average Bonchev–Trinajstić information content (AvgIpc) is 3.13. The topological polar surface area (TPSA) is 56.1 Å². The monoisotopic (exact) mass is 343 g/mol. The molecule has 1 unspecified atom stereocenters. The van der Waals surface area contributed by atoms with Gasteiger partial charge in [-0.15, -0.1) is 0 Å². The lowest BCUT2D eigenvalue weighted by Crippen LogP contribution is -2.41. The summed E-state index contributed by atoms with van der Waals surface area (Å²) in [7, 11) is 0. The van der Waals surface area contributed by atoms with E-state index in [2.05, 4.69) is 47.8 Å². The molecule has 0 aliphatic carbocycles. The van der Waals surface area contributed by atoms with Gasteiger partial charge in [0.1, 0.15) is 0 Å². The maximum absolute atomic E-state index is 11.7. The number of imidazole rings is 1. The highest BCUT2D eigenvalue weighted by molar-refractivity contribution is 5.72. The molecular weight excluding hydrogens is 314 g/mol. The third-order valence-corrected chi connectivity index (χ3v) is 4.29. The van der Waals surface area contributed by atoms with Gasteiger partial charge in [-0.2, -0.15) is 0 Å². The maximum Gasteiger partial charge on any atom is 0.310 e. The van der Waals surface area contributed by atoms with Gasteiger partial charge in [0.2, 0.25) is 0 Å². The van der Waals surface area contributed by atoms with E-state index in [0.29, 0.717) is 13.0 Å². The molecule has 5 heteroatoms. The van der Waals surface area contributed by atoms with Crippen LogP contribution in [0.3, 0.4) is 0 Å². The van der Waals surface area contributed by atoms with Crippen molar-refractivity contribution in [2.75, 3.05) is 6.61 Å². The Morgan fingerprint density at radius 2 is 2.00 bits per heavy atom. The van der Waals surface area contributed by atoms with Crippen LogP contribution < -0.4 is 5.32 Å². The minimum atomic E-state index is -0.202. The molecule has 2 aromatic rings. The number of carbonyl (C=O) groups excluding carboxylic acids is 1. The molecule has 0 saturated heterocycles. The second-order valence-corrected chi connectivity index (χ2v) is 6.80. The Morgan fingerprint density at radius 3 is 2.56 bits per heavy atom. The smallest absolute Gasteiger partial charge is 0.310 e. The Balaban J connectivity index is 2.02. The molecular formula is C20H29N3O2. The second-order valence-electron chi connectivity index (χ2n) is 6.80. The number of ether oxygens (including phenoxy) is 1. The Bertz CT molecular complexity index is 648. The third-order valence-electron chi connectivity index (χ3n) is 4.29. The number of hydrogen-bond donors (Lipinski definition) is 1. The number of nitrogens with one attached hydrogen (secondary N) is 1. The molecule has 0 fully saturated rings. The van der Waals surface area contributed by atoms with Crippen molar-refractivity contribution in [2.45, 2.75) is 58.7 Å². The first-order chi connectivity index (χ1) is 12.0. The maximum atomic E-state index is 11.7. The molecule has 2 rings (SSSR count). The standard InChI is InChI=1S/C20H29N3O2/c1-5-13-25-19(24)14-16-7-9-17(10-8-16)20(3,4)22-18(6-2)23-12-11-21-15-23/h7-12,15,18,22H,5-6,13-14H2,1-4H3. The van der Waals surface area contributed by atoms with Crippen LogP contribution in [0.15, 0.2) is 43.0 Å². The Hall–Kier alpha value is -2.14. The molecule has 1 N–H and O–H groups in total. The van der Waals surface area contributed by atoms with Crippen molar-refractivity contribution >= 4 is 5.97 Å². The van der Waals surface area contributed by atoms with Crippen LogP contribution in [0, 0.1) is 0 Å². The number of aromatic nitrogens is 2. The first-order valence-corrected chi connectivity index (χ1v) is 8.96. The summed E-state index contributed by atoms with van der Waals surface area (Å²) in [6.07, 6.45) is 7.91. The molecule has 1 heterocycles. The van der Waals surface area contributed by atoms with Gasteiger partial charge in [-0.25, -0.2) is 4.98 Å². The first kappa shape index (κ1) is 19.2. The fourth-order valence-corrected chi connectivity index (χ4v) is 2.81. The number of esters is 1. The highest BCUT2D eigenvalue weighted by Gasteiger charge is 2.24. The van der Waals surface area contributed by atoms with Crippen molar-refractivity contribution in [3.63, 3.8) is 0 Å². The molecule has 0 bridgehead atoms. The lowest BCUT2D eigenvalue weighted by Gasteiger charge is -2.33. The summed E-state index contributed by atoms with van der Waals surface area (Å²) >= 11 is 0. The zero-order valence-corrected chi connectivity index (χ0v) is 15.7. The van der Waals surface area contributed by atoms with Crippen molar-refractivity contribution in [3.8, 4) is 0 Å². The van der Waals surface area contributed by atoms with Crippen LogP contribution in [0.2, 0.25) is 0 Å². The molecule has 1 atom stereocenters. The van der Waals surface area contributed by atoms with Crippen molar-refractivity contribution in [2.24, 2.45) is 0 Å². The molecule has 0 amide bonds. The minimum absolute atomic E-state index is 0.168. The van der Waals surface area contributed by atoms with Gasteiger partial charge in [0.05, 0.1) is 25.5 Å². The van der Waals surface area contributed by atoms with Crippen LogP contribution >= 0.6 is 0 Å². The van der Waals surface area contributed by atoms with Gasteiger partial charge < -0.3 is 9.30 Å². The zero-order valence-electron chi connectivity index (χ0n) is 15.7. The second kappa shape index (κ2) is 8.81. The molecule has 1 aromatic carbocycles. The Labute approximate surface area is 150 Å². The third kappa shape index (κ3) is 5.43. The summed E-state index contributed by atoms with van der Waals surface area (Å²) in [5.74, 6) is -0.168. The van der Waals surface area contributed by atoms with Crippen LogP contribution in [0.1, 0.15) is 57.8 Å². The van der Waals surface area contributed by atoms with E-state index in [1.807, 2.05) is 31.6 Å². The highest BCUT2D eigenvalue weighted by Crippen LogP contribution is 2.24. The molecule has 25 heavy (non-hydrogen) atoms. The fraction of sp³-hybridized carbons (Fsp3) is 0.500. The summed E-state index contributed by atoms with van der Waals surface area (Å²) in [6.45, 7) is 8.96. The number of nitrogens with zero attached hydrogens (tertiary/aromatic N) is 2. The van der Waals surface area contributed by atoms with Crippen molar-refractivity contribution in [1.29, 1.82) is 0 Å². The summed E-state index contributed by atoms with van der Waals surface area (Å²) in [4.78, 5) is 15.9. The van der Waals surface area contributed by atoms with Gasteiger partial charge in [-0.05, 0) is 37.8 Å². The summed E-state index contributed by atoms with van der Waals surface area (Å²) in [5.41, 5.74) is 1.95. The number of carbonyl (C=O) groups is 1. The van der Waals surface area contributed by atoms with Crippen LogP contribution in [0.25, 0.3) is 0 Å². The predicted molar refractivity (Wildman–Crippen MR) is 99.1 cm³/mol. The Kier molecular flexibility index (Phi) is 6.76. The molecule has 0 aliphatic rings. The average molecular weight is 343 g/mol. The molecule has 0 aliphatic heterocycles. The lowest BCUT2D eigenvalue weighted by atomic mass is 9.92.